The molecule has 1 aliphatic heterocycles. The molecular formula is C15H23N3O. The van der Waals surface area contributed by atoms with Crippen LogP contribution in [0.5, 0.6) is 0 Å². The van der Waals surface area contributed by atoms with Gasteiger partial charge in [0.05, 0.1) is 17.9 Å². The Morgan fingerprint density at radius 1 is 1.47 bits per heavy atom. The van der Waals surface area contributed by atoms with Crippen LogP contribution in [0.2, 0.25) is 0 Å². The van der Waals surface area contributed by atoms with Crippen molar-refractivity contribution in [1.29, 1.82) is 0 Å². The second kappa shape index (κ2) is 6.45. The van der Waals surface area contributed by atoms with Crippen LogP contribution in [0.25, 0.3) is 0 Å². The summed E-state index contributed by atoms with van der Waals surface area (Å²) in [5.74, 6) is 0.0875. The fraction of sp³-hybridized carbons (Fsp3) is 0.533. The Bertz CT molecular complexity index is 445. The van der Waals surface area contributed by atoms with Crippen molar-refractivity contribution in [3.63, 3.8) is 0 Å². The summed E-state index contributed by atoms with van der Waals surface area (Å²) in [5.41, 5.74) is 9.14. The maximum atomic E-state index is 11.9. The summed E-state index contributed by atoms with van der Waals surface area (Å²) < 4.78 is 0. The van der Waals surface area contributed by atoms with Crippen molar-refractivity contribution in [3.05, 3.63) is 23.8 Å². The third kappa shape index (κ3) is 3.40. The van der Waals surface area contributed by atoms with Crippen molar-refractivity contribution in [2.75, 3.05) is 30.3 Å². The smallest absolute Gasteiger partial charge is 0.239 e. The number of nitrogens with one attached hydrogen (secondary N) is 1. The summed E-state index contributed by atoms with van der Waals surface area (Å²) in [5, 5.41) is 2.96. The van der Waals surface area contributed by atoms with E-state index in [1.54, 1.807) is 0 Å². The molecule has 0 aliphatic carbocycles. The van der Waals surface area contributed by atoms with Crippen LogP contribution in [-0.2, 0) is 11.2 Å². The summed E-state index contributed by atoms with van der Waals surface area (Å²) >= 11 is 0. The van der Waals surface area contributed by atoms with Crippen molar-refractivity contribution in [2.45, 2.75) is 32.6 Å². The van der Waals surface area contributed by atoms with E-state index in [0.29, 0.717) is 6.54 Å². The lowest BCUT2D eigenvalue weighted by molar-refractivity contribution is -0.119. The normalized spacial score (nSPS) is 14.1. The number of amides is 1. The fourth-order valence-corrected chi connectivity index (χ4v) is 2.56. The predicted molar refractivity (Wildman–Crippen MR) is 79.3 cm³/mol. The summed E-state index contributed by atoms with van der Waals surface area (Å²) in [6.45, 7) is 4.20. The van der Waals surface area contributed by atoms with Crippen LogP contribution in [0, 0.1) is 0 Å². The summed E-state index contributed by atoms with van der Waals surface area (Å²) in [4.78, 5) is 14.0. The van der Waals surface area contributed by atoms with Gasteiger partial charge in [-0.25, -0.2) is 0 Å². The molecule has 1 aromatic carbocycles. The number of fused-ring (bicyclic) bond motifs is 1. The van der Waals surface area contributed by atoms with Crippen molar-refractivity contribution < 1.29 is 4.79 Å². The number of nitrogen functional groups attached to an aromatic ring is 1. The second-order valence-corrected chi connectivity index (χ2v) is 5.08. The molecule has 19 heavy (non-hydrogen) atoms. The summed E-state index contributed by atoms with van der Waals surface area (Å²) in [6, 6.07) is 6.00. The summed E-state index contributed by atoms with van der Waals surface area (Å²) in [6.07, 6.45) is 4.26. The van der Waals surface area contributed by atoms with Gasteiger partial charge in [-0.1, -0.05) is 25.5 Å². The Morgan fingerprint density at radius 3 is 3.11 bits per heavy atom. The monoisotopic (exact) mass is 261 g/mol. The molecule has 0 aromatic heterocycles. The van der Waals surface area contributed by atoms with Crippen LogP contribution in [-0.4, -0.2) is 25.5 Å². The minimum absolute atomic E-state index is 0.0875. The molecule has 0 fully saturated rings. The molecular weight excluding hydrogens is 238 g/mol. The lowest BCUT2D eigenvalue weighted by Gasteiger charge is -2.31. The molecule has 4 nitrogen and oxygen atoms in total. The number of nitrogens with two attached hydrogens (primary N) is 1. The van der Waals surface area contributed by atoms with E-state index in [2.05, 4.69) is 23.2 Å². The predicted octanol–water partition coefficient (Wildman–Crippen LogP) is 1.94. The maximum Gasteiger partial charge on any atom is 0.239 e. The van der Waals surface area contributed by atoms with Gasteiger partial charge in [0.25, 0.3) is 0 Å². The van der Waals surface area contributed by atoms with Gasteiger partial charge in [0.15, 0.2) is 0 Å². The van der Waals surface area contributed by atoms with E-state index in [4.69, 9.17) is 5.73 Å². The van der Waals surface area contributed by atoms with E-state index in [1.807, 2.05) is 12.1 Å². The number of unbranched alkanes of at least 4 members (excludes halogenated alkanes) is 1. The molecule has 0 atom stereocenters. The number of rotatable bonds is 5. The van der Waals surface area contributed by atoms with Gasteiger partial charge >= 0.3 is 0 Å². The molecule has 2 rings (SSSR count). The average Bonchev–Trinajstić information content (AvgIpc) is 2.39. The Balaban J connectivity index is 2.01. The van der Waals surface area contributed by atoms with Gasteiger partial charge in [-0.15, -0.1) is 0 Å². The van der Waals surface area contributed by atoms with Gasteiger partial charge in [-0.2, -0.15) is 0 Å². The molecule has 1 aliphatic rings. The summed E-state index contributed by atoms with van der Waals surface area (Å²) in [7, 11) is 0. The molecule has 0 spiro atoms. The number of nitrogens with zero attached hydrogens (tertiary/aromatic N) is 1. The number of hydrogen-bond acceptors (Lipinski definition) is 3. The zero-order chi connectivity index (χ0) is 13.7. The molecule has 0 unspecified atom stereocenters. The zero-order valence-corrected chi connectivity index (χ0v) is 11.6. The molecule has 0 saturated carbocycles. The topological polar surface area (TPSA) is 58.4 Å². The Labute approximate surface area is 115 Å². The van der Waals surface area contributed by atoms with Gasteiger partial charge in [0.1, 0.15) is 0 Å². The van der Waals surface area contributed by atoms with Crippen LogP contribution in [0.4, 0.5) is 11.4 Å². The molecule has 4 heteroatoms. The van der Waals surface area contributed by atoms with Crippen LogP contribution in [0.1, 0.15) is 31.7 Å². The van der Waals surface area contributed by atoms with Crippen molar-refractivity contribution >= 4 is 17.3 Å². The molecule has 0 saturated heterocycles. The van der Waals surface area contributed by atoms with Crippen molar-refractivity contribution in [1.82, 2.24) is 5.32 Å². The standard InChI is InChI=1S/C15H23N3O/c1-2-3-9-17-14(19)11-18-10-5-7-12-6-4-8-13(16)15(12)18/h4,6,8H,2-3,5,7,9-11,16H2,1H3,(H,17,19). The molecule has 104 valence electrons. The van der Waals surface area contributed by atoms with Crippen molar-refractivity contribution in [2.24, 2.45) is 0 Å². The number of carbonyl (C=O) groups excluding carboxylic acids is 1. The highest BCUT2D eigenvalue weighted by atomic mass is 16.2. The Morgan fingerprint density at radius 2 is 2.32 bits per heavy atom. The Kier molecular flexibility index (Phi) is 4.66. The van der Waals surface area contributed by atoms with E-state index in [0.717, 1.165) is 50.1 Å². The first-order valence-corrected chi connectivity index (χ1v) is 7.11. The number of aryl methyl sites for hydroxylation is 1. The van der Waals surface area contributed by atoms with Gasteiger partial charge in [-0.05, 0) is 30.9 Å². The van der Waals surface area contributed by atoms with Gasteiger partial charge in [0, 0.05) is 13.1 Å². The van der Waals surface area contributed by atoms with Crippen molar-refractivity contribution in [3.8, 4) is 0 Å². The minimum atomic E-state index is 0.0875. The molecule has 3 N–H and O–H groups in total. The number of anilines is 2. The third-order valence-electron chi connectivity index (χ3n) is 3.53. The first-order valence-electron chi connectivity index (χ1n) is 7.11. The van der Waals surface area contributed by atoms with E-state index in [9.17, 15) is 4.79 Å². The SMILES string of the molecule is CCCCNC(=O)CN1CCCc2cccc(N)c21. The first-order chi connectivity index (χ1) is 9.22. The van der Waals surface area contributed by atoms with E-state index in [1.165, 1.54) is 5.56 Å². The van der Waals surface area contributed by atoms with Gasteiger partial charge in [-0.3, -0.25) is 4.79 Å². The number of benzene rings is 1. The molecule has 0 radical (unpaired) electrons. The lowest BCUT2D eigenvalue weighted by Crippen LogP contribution is -2.40. The van der Waals surface area contributed by atoms with E-state index in [-0.39, 0.29) is 5.91 Å². The van der Waals surface area contributed by atoms with Gasteiger partial charge < -0.3 is 16.0 Å². The largest absolute Gasteiger partial charge is 0.397 e. The first kappa shape index (κ1) is 13.7. The number of carbonyl (C=O) groups is 1. The molecule has 1 heterocycles. The lowest BCUT2D eigenvalue weighted by atomic mass is 10.0. The molecule has 1 aromatic rings. The molecule has 1 amide bonds. The van der Waals surface area contributed by atoms with Crippen LogP contribution >= 0.6 is 0 Å². The van der Waals surface area contributed by atoms with Crippen LogP contribution in [0.3, 0.4) is 0 Å². The maximum absolute atomic E-state index is 11.9. The highest BCUT2D eigenvalue weighted by Crippen LogP contribution is 2.32. The average molecular weight is 261 g/mol. The Hall–Kier alpha value is -1.71. The highest BCUT2D eigenvalue weighted by Gasteiger charge is 2.20. The highest BCUT2D eigenvalue weighted by molar-refractivity contribution is 5.84. The molecule has 0 bridgehead atoms. The van der Waals surface area contributed by atoms with Crippen LogP contribution < -0.4 is 16.0 Å². The second-order valence-electron chi connectivity index (χ2n) is 5.08. The number of hydrogen-bond donors (Lipinski definition) is 2. The van der Waals surface area contributed by atoms with E-state index < -0.39 is 0 Å². The van der Waals surface area contributed by atoms with Gasteiger partial charge in [0.2, 0.25) is 5.91 Å². The zero-order valence-electron chi connectivity index (χ0n) is 11.6. The third-order valence-corrected chi connectivity index (χ3v) is 3.53. The van der Waals surface area contributed by atoms with E-state index >= 15 is 0 Å². The van der Waals surface area contributed by atoms with Crippen LogP contribution in [0.15, 0.2) is 18.2 Å². The number of para-hydroxylation sites is 1. The minimum Gasteiger partial charge on any atom is -0.397 e. The fourth-order valence-electron chi connectivity index (χ4n) is 2.56. The quantitative estimate of drug-likeness (QED) is 0.629.